The van der Waals surface area contributed by atoms with Gasteiger partial charge in [-0.3, -0.25) is 9.67 Å². The molecule has 1 aliphatic heterocycles. The number of aliphatic imine (C=N–C) groups is 1. The van der Waals surface area contributed by atoms with Crippen molar-refractivity contribution in [2.75, 3.05) is 19.3 Å². The lowest BCUT2D eigenvalue weighted by Gasteiger charge is -2.24. The lowest BCUT2D eigenvalue weighted by Crippen LogP contribution is -2.43. The molecule has 1 unspecified atom stereocenters. The standard InChI is InChI=1S/C12H22N6S.HI/c1-12(5-4-6-19-12)8-15-11(13-2)14-7-10-16-9-17-18(10)3;/h9H,4-8H2,1-3H3,(H2,13,14,15);1H. The normalized spacial score (nSPS) is 22.4. The molecule has 0 saturated carbocycles. The van der Waals surface area contributed by atoms with Crippen molar-refractivity contribution in [1.29, 1.82) is 0 Å². The zero-order valence-electron chi connectivity index (χ0n) is 12.2. The van der Waals surface area contributed by atoms with Gasteiger partial charge in [-0.1, -0.05) is 0 Å². The third kappa shape index (κ3) is 4.80. The van der Waals surface area contributed by atoms with Gasteiger partial charge in [-0.15, -0.1) is 24.0 Å². The van der Waals surface area contributed by atoms with Crippen molar-refractivity contribution in [1.82, 2.24) is 25.4 Å². The first kappa shape index (κ1) is 17.5. The largest absolute Gasteiger partial charge is 0.355 e. The van der Waals surface area contributed by atoms with Crippen LogP contribution in [0.4, 0.5) is 0 Å². The molecule has 2 heterocycles. The van der Waals surface area contributed by atoms with E-state index in [0.29, 0.717) is 11.3 Å². The van der Waals surface area contributed by atoms with E-state index < -0.39 is 0 Å². The predicted octanol–water partition coefficient (Wildman–Crippen LogP) is 1.38. The summed E-state index contributed by atoms with van der Waals surface area (Å²) in [6.07, 6.45) is 4.14. The van der Waals surface area contributed by atoms with Gasteiger partial charge < -0.3 is 10.6 Å². The molecule has 0 aliphatic carbocycles. The van der Waals surface area contributed by atoms with Crippen molar-refractivity contribution in [3.8, 4) is 0 Å². The summed E-state index contributed by atoms with van der Waals surface area (Å²) in [5, 5.41) is 10.7. The molecule has 1 saturated heterocycles. The van der Waals surface area contributed by atoms with Crippen molar-refractivity contribution >= 4 is 41.7 Å². The van der Waals surface area contributed by atoms with Gasteiger partial charge >= 0.3 is 0 Å². The summed E-state index contributed by atoms with van der Waals surface area (Å²) < 4.78 is 2.09. The second-order valence-corrected chi connectivity index (χ2v) is 6.66. The molecule has 0 aromatic carbocycles. The summed E-state index contributed by atoms with van der Waals surface area (Å²) in [7, 11) is 3.67. The van der Waals surface area contributed by atoms with Crippen LogP contribution in [0.3, 0.4) is 0 Å². The fourth-order valence-electron chi connectivity index (χ4n) is 2.11. The highest BCUT2D eigenvalue weighted by molar-refractivity contribution is 14.0. The Balaban J connectivity index is 0.00000200. The summed E-state index contributed by atoms with van der Waals surface area (Å²) in [6.45, 7) is 3.88. The molecule has 1 aliphatic rings. The fraction of sp³-hybridized carbons (Fsp3) is 0.750. The quantitative estimate of drug-likeness (QED) is 0.446. The summed E-state index contributed by atoms with van der Waals surface area (Å²) in [5.74, 6) is 2.98. The van der Waals surface area contributed by atoms with Crippen LogP contribution in [0.25, 0.3) is 0 Å². The Morgan fingerprint density at radius 2 is 2.35 bits per heavy atom. The van der Waals surface area contributed by atoms with E-state index in [4.69, 9.17) is 0 Å². The number of nitrogens with one attached hydrogen (secondary N) is 2. The van der Waals surface area contributed by atoms with E-state index in [-0.39, 0.29) is 24.0 Å². The van der Waals surface area contributed by atoms with Crippen molar-refractivity contribution in [3.63, 3.8) is 0 Å². The van der Waals surface area contributed by atoms with Gasteiger partial charge in [0.1, 0.15) is 12.2 Å². The Labute approximate surface area is 141 Å². The van der Waals surface area contributed by atoms with Gasteiger partial charge in [0.25, 0.3) is 0 Å². The van der Waals surface area contributed by atoms with Gasteiger partial charge in [0.15, 0.2) is 5.96 Å². The lowest BCUT2D eigenvalue weighted by atomic mass is 10.1. The average molecular weight is 410 g/mol. The molecule has 1 fully saturated rings. The average Bonchev–Trinajstić information content (AvgIpc) is 3.00. The Kier molecular flexibility index (Phi) is 7.07. The minimum atomic E-state index is 0. The van der Waals surface area contributed by atoms with Crippen LogP contribution in [0.1, 0.15) is 25.6 Å². The summed E-state index contributed by atoms with van der Waals surface area (Å²) in [4.78, 5) is 8.41. The molecular formula is C12H23IN6S. The van der Waals surface area contributed by atoms with Crippen molar-refractivity contribution in [3.05, 3.63) is 12.2 Å². The van der Waals surface area contributed by atoms with E-state index in [2.05, 4.69) is 32.6 Å². The van der Waals surface area contributed by atoms with E-state index in [9.17, 15) is 0 Å². The summed E-state index contributed by atoms with van der Waals surface area (Å²) in [6, 6.07) is 0. The minimum absolute atomic E-state index is 0. The molecule has 0 spiro atoms. The highest BCUT2D eigenvalue weighted by Gasteiger charge is 2.29. The van der Waals surface area contributed by atoms with E-state index in [1.807, 2.05) is 18.8 Å². The van der Waals surface area contributed by atoms with Crippen LogP contribution in [-0.4, -0.2) is 44.8 Å². The summed E-state index contributed by atoms with van der Waals surface area (Å²) >= 11 is 2.04. The van der Waals surface area contributed by atoms with Crippen LogP contribution in [-0.2, 0) is 13.6 Å². The van der Waals surface area contributed by atoms with E-state index in [1.54, 1.807) is 18.1 Å². The first-order valence-corrected chi connectivity index (χ1v) is 7.53. The fourth-order valence-corrected chi connectivity index (χ4v) is 3.35. The van der Waals surface area contributed by atoms with Crippen molar-refractivity contribution in [2.45, 2.75) is 31.1 Å². The predicted molar refractivity (Wildman–Crippen MR) is 94.7 cm³/mol. The molecule has 0 bridgehead atoms. The number of hydrogen-bond donors (Lipinski definition) is 2. The van der Waals surface area contributed by atoms with Crippen LogP contribution >= 0.6 is 35.7 Å². The monoisotopic (exact) mass is 410 g/mol. The first-order valence-electron chi connectivity index (χ1n) is 6.54. The number of thioether (sulfide) groups is 1. The van der Waals surface area contributed by atoms with Crippen molar-refractivity contribution < 1.29 is 0 Å². The molecule has 20 heavy (non-hydrogen) atoms. The van der Waals surface area contributed by atoms with Crippen LogP contribution < -0.4 is 10.6 Å². The van der Waals surface area contributed by atoms with Crippen LogP contribution in [0.2, 0.25) is 0 Å². The molecule has 1 atom stereocenters. The van der Waals surface area contributed by atoms with E-state index in [0.717, 1.165) is 18.3 Å². The topological polar surface area (TPSA) is 67.1 Å². The first-order chi connectivity index (χ1) is 9.13. The lowest BCUT2D eigenvalue weighted by molar-refractivity contribution is 0.582. The highest BCUT2D eigenvalue weighted by Crippen LogP contribution is 2.36. The second-order valence-electron chi connectivity index (χ2n) is 4.98. The molecule has 0 radical (unpaired) electrons. The van der Waals surface area contributed by atoms with Crippen LogP contribution in [0.15, 0.2) is 11.3 Å². The molecule has 1 aromatic rings. The number of guanidine groups is 1. The molecule has 2 N–H and O–H groups in total. The van der Waals surface area contributed by atoms with Crippen molar-refractivity contribution in [2.24, 2.45) is 12.0 Å². The van der Waals surface area contributed by atoms with Crippen LogP contribution in [0.5, 0.6) is 0 Å². The van der Waals surface area contributed by atoms with Gasteiger partial charge in [0, 0.05) is 25.4 Å². The van der Waals surface area contributed by atoms with Gasteiger partial charge in [-0.2, -0.15) is 16.9 Å². The Bertz CT molecular complexity index is 441. The number of aryl methyl sites for hydroxylation is 1. The molecule has 114 valence electrons. The molecule has 2 rings (SSSR count). The smallest absolute Gasteiger partial charge is 0.191 e. The Morgan fingerprint density at radius 3 is 2.90 bits per heavy atom. The molecule has 6 nitrogen and oxygen atoms in total. The van der Waals surface area contributed by atoms with Gasteiger partial charge in [-0.05, 0) is 25.5 Å². The van der Waals surface area contributed by atoms with E-state index in [1.165, 1.54) is 18.6 Å². The van der Waals surface area contributed by atoms with Crippen LogP contribution in [0, 0.1) is 0 Å². The zero-order valence-corrected chi connectivity index (χ0v) is 15.4. The maximum Gasteiger partial charge on any atom is 0.191 e. The zero-order chi connectivity index (χ0) is 13.7. The SMILES string of the molecule is CN=C(NCc1ncnn1C)NCC1(C)CCCS1.I. The second kappa shape index (κ2) is 8.06. The molecule has 1 aromatic heterocycles. The molecule has 0 amide bonds. The maximum absolute atomic E-state index is 4.24. The van der Waals surface area contributed by atoms with E-state index >= 15 is 0 Å². The third-order valence-electron chi connectivity index (χ3n) is 3.37. The number of rotatable bonds is 4. The van der Waals surface area contributed by atoms with Gasteiger partial charge in [-0.25, -0.2) is 4.98 Å². The number of halogens is 1. The highest BCUT2D eigenvalue weighted by atomic mass is 127. The minimum Gasteiger partial charge on any atom is -0.355 e. The molecule has 8 heteroatoms. The maximum atomic E-state index is 4.24. The number of nitrogens with zero attached hydrogens (tertiary/aromatic N) is 4. The van der Waals surface area contributed by atoms with Gasteiger partial charge in [0.05, 0.1) is 6.54 Å². The molecular weight excluding hydrogens is 387 g/mol. The number of aromatic nitrogens is 3. The number of hydrogen-bond acceptors (Lipinski definition) is 4. The van der Waals surface area contributed by atoms with Gasteiger partial charge in [0.2, 0.25) is 0 Å². The Hall–Kier alpha value is -0.510. The summed E-state index contributed by atoms with van der Waals surface area (Å²) in [5.41, 5.74) is 0. The third-order valence-corrected chi connectivity index (χ3v) is 4.91. The Morgan fingerprint density at radius 1 is 1.55 bits per heavy atom.